The third kappa shape index (κ3) is 2.54. The number of hydrogen-bond acceptors (Lipinski definition) is 4. The zero-order chi connectivity index (χ0) is 12.5. The first-order valence-corrected chi connectivity index (χ1v) is 5.17. The Hall–Kier alpha value is -1.66. The van der Waals surface area contributed by atoms with Crippen LogP contribution < -0.4 is 4.90 Å². The molecule has 2 rings (SSSR count). The zero-order valence-corrected chi connectivity index (χ0v) is 8.87. The van der Waals surface area contributed by atoms with E-state index in [2.05, 4.69) is 9.97 Å². The summed E-state index contributed by atoms with van der Waals surface area (Å²) in [5.74, 6) is -1.09. The van der Waals surface area contributed by atoms with E-state index in [4.69, 9.17) is 0 Å². The molecule has 1 saturated heterocycles. The Bertz CT molecular complexity index is 427. The Morgan fingerprint density at radius 1 is 1.24 bits per heavy atom. The summed E-state index contributed by atoms with van der Waals surface area (Å²) in [6.45, 7) is 1.32. The molecule has 0 atom stereocenters. The molecule has 2 heterocycles. The van der Waals surface area contributed by atoms with Crippen LogP contribution >= 0.6 is 0 Å². The summed E-state index contributed by atoms with van der Waals surface area (Å²) in [5, 5.41) is 0. The number of hydrogen-bond donors (Lipinski definition) is 0. The fourth-order valence-corrected chi connectivity index (χ4v) is 1.75. The SMILES string of the molecule is O=Cc1cc(N2CCCC2)nc(C(F)(F)F)n1. The molecule has 0 spiro atoms. The molecule has 0 amide bonds. The number of alkyl halides is 3. The minimum atomic E-state index is -4.63. The van der Waals surface area contributed by atoms with Crippen LogP contribution in [0.25, 0.3) is 0 Å². The van der Waals surface area contributed by atoms with Crippen molar-refractivity contribution >= 4 is 12.1 Å². The smallest absolute Gasteiger partial charge is 0.356 e. The van der Waals surface area contributed by atoms with Gasteiger partial charge in [-0.3, -0.25) is 4.79 Å². The summed E-state index contributed by atoms with van der Waals surface area (Å²) >= 11 is 0. The molecule has 0 N–H and O–H groups in total. The van der Waals surface area contributed by atoms with Gasteiger partial charge in [0.2, 0.25) is 5.82 Å². The average Bonchev–Trinajstić information content (AvgIpc) is 2.80. The zero-order valence-electron chi connectivity index (χ0n) is 8.87. The van der Waals surface area contributed by atoms with Gasteiger partial charge in [-0.05, 0) is 12.8 Å². The molecule has 17 heavy (non-hydrogen) atoms. The van der Waals surface area contributed by atoms with Crippen LogP contribution in [0.4, 0.5) is 19.0 Å². The molecule has 0 aliphatic carbocycles. The lowest BCUT2D eigenvalue weighted by Gasteiger charge is -2.17. The van der Waals surface area contributed by atoms with Gasteiger partial charge in [0, 0.05) is 19.2 Å². The number of carbonyl (C=O) groups excluding carboxylic acids is 1. The molecule has 0 unspecified atom stereocenters. The second-order valence-corrected chi connectivity index (χ2v) is 3.78. The Labute approximate surface area is 95.5 Å². The molecule has 4 nitrogen and oxygen atoms in total. The van der Waals surface area contributed by atoms with E-state index in [0.717, 1.165) is 12.8 Å². The number of rotatable bonds is 2. The third-order valence-corrected chi connectivity index (χ3v) is 2.54. The summed E-state index contributed by atoms with van der Waals surface area (Å²) in [7, 11) is 0. The van der Waals surface area contributed by atoms with Gasteiger partial charge >= 0.3 is 6.18 Å². The lowest BCUT2D eigenvalue weighted by Crippen LogP contribution is -2.22. The highest BCUT2D eigenvalue weighted by atomic mass is 19.4. The third-order valence-electron chi connectivity index (χ3n) is 2.54. The van der Waals surface area contributed by atoms with Gasteiger partial charge in [-0.1, -0.05) is 0 Å². The van der Waals surface area contributed by atoms with Crippen LogP contribution in [-0.4, -0.2) is 29.3 Å². The molecule has 0 aromatic carbocycles. The van der Waals surface area contributed by atoms with E-state index in [9.17, 15) is 18.0 Å². The summed E-state index contributed by atoms with van der Waals surface area (Å²) in [6.07, 6.45) is -2.49. The van der Waals surface area contributed by atoms with E-state index in [1.165, 1.54) is 6.07 Å². The number of halogens is 3. The summed E-state index contributed by atoms with van der Waals surface area (Å²) < 4.78 is 37.5. The fourth-order valence-electron chi connectivity index (χ4n) is 1.75. The Kier molecular flexibility index (Phi) is 2.99. The van der Waals surface area contributed by atoms with Crippen LogP contribution in [0.5, 0.6) is 0 Å². The van der Waals surface area contributed by atoms with Gasteiger partial charge in [0.25, 0.3) is 0 Å². The van der Waals surface area contributed by atoms with E-state index in [1.807, 2.05) is 0 Å². The molecule has 1 aromatic heterocycles. The quantitative estimate of drug-likeness (QED) is 0.747. The van der Waals surface area contributed by atoms with Crippen molar-refractivity contribution in [3.63, 3.8) is 0 Å². The lowest BCUT2D eigenvalue weighted by atomic mass is 10.3. The van der Waals surface area contributed by atoms with E-state index in [-0.39, 0.29) is 11.5 Å². The highest BCUT2D eigenvalue weighted by Crippen LogP contribution is 2.28. The number of nitrogens with zero attached hydrogens (tertiary/aromatic N) is 3. The predicted molar refractivity (Wildman–Crippen MR) is 53.9 cm³/mol. The first-order valence-electron chi connectivity index (χ1n) is 5.17. The topological polar surface area (TPSA) is 46.1 Å². The molecule has 1 aromatic rings. The van der Waals surface area contributed by atoms with Crippen molar-refractivity contribution in [2.75, 3.05) is 18.0 Å². The molecule has 1 fully saturated rings. The molecule has 1 aliphatic rings. The van der Waals surface area contributed by atoms with Crippen molar-refractivity contribution in [2.24, 2.45) is 0 Å². The molecule has 1 aliphatic heterocycles. The van der Waals surface area contributed by atoms with E-state index in [1.54, 1.807) is 4.90 Å². The summed E-state index contributed by atoms with van der Waals surface area (Å²) in [4.78, 5) is 18.9. The van der Waals surface area contributed by atoms with Crippen molar-refractivity contribution in [1.29, 1.82) is 0 Å². The molecule has 7 heteroatoms. The van der Waals surface area contributed by atoms with E-state index >= 15 is 0 Å². The first kappa shape index (κ1) is 11.8. The predicted octanol–water partition coefficient (Wildman–Crippen LogP) is 1.91. The minimum absolute atomic E-state index is 0.173. The molecule has 0 radical (unpaired) electrons. The normalized spacial score (nSPS) is 16.3. The van der Waals surface area contributed by atoms with Crippen molar-refractivity contribution < 1.29 is 18.0 Å². The molecule has 0 bridgehead atoms. The number of carbonyl (C=O) groups is 1. The van der Waals surface area contributed by atoms with Crippen LogP contribution in [0.3, 0.4) is 0 Å². The molecule has 92 valence electrons. The number of aldehydes is 1. The van der Waals surface area contributed by atoms with Gasteiger partial charge in [0.05, 0.1) is 0 Å². The van der Waals surface area contributed by atoms with E-state index < -0.39 is 12.0 Å². The van der Waals surface area contributed by atoms with Gasteiger partial charge in [0.1, 0.15) is 11.5 Å². The van der Waals surface area contributed by atoms with Crippen LogP contribution in [0.15, 0.2) is 6.07 Å². The largest absolute Gasteiger partial charge is 0.451 e. The van der Waals surface area contributed by atoms with Crippen molar-refractivity contribution in [3.8, 4) is 0 Å². The fraction of sp³-hybridized carbons (Fsp3) is 0.500. The van der Waals surface area contributed by atoms with Crippen molar-refractivity contribution in [1.82, 2.24) is 9.97 Å². The maximum absolute atomic E-state index is 12.5. The number of aromatic nitrogens is 2. The second kappa shape index (κ2) is 4.31. The number of anilines is 1. The lowest BCUT2D eigenvalue weighted by molar-refractivity contribution is -0.144. The monoisotopic (exact) mass is 245 g/mol. The Morgan fingerprint density at radius 2 is 1.88 bits per heavy atom. The second-order valence-electron chi connectivity index (χ2n) is 3.78. The highest BCUT2D eigenvalue weighted by molar-refractivity contribution is 5.73. The van der Waals surface area contributed by atoms with Crippen LogP contribution in [0, 0.1) is 0 Å². The van der Waals surface area contributed by atoms with Gasteiger partial charge < -0.3 is 4.90 Å². The average molecular weight is 245 g/mol. The van der Waals surface area contributed by atoms with Crippen LogP contribution in [0.1, 0.15) is 29.2 Å². The van der Waals surface area contributed by atoms with Crippen molar-refractivity contribution in [2.45, 2.75) is 19.0 Å². The molecular formula is C10H10F3N3O. The highest BCUT2D eigenvalue weighted by Gasteiger charge is 2.36. The van der Waals surface area contributed by atoms with Gasteiger partial charge in [-0.2, -0.15) is 13.2 Å². The van der Waals surface area contributed by atoms with Crippen molar-refractivity contribution in [3.05, 3.63) is 17.6 Å². The first-order chi connectivity index (χ1) is 8.00. The minimum Gasteiger partial charge on any atom is -0.356 e. The van der Waals surface area contributed by atoms with Crippen LogP contribution in [-0.2, 0) is 6.18 Å². The molecule has 0 saturated carbocycles. The maximum atomic E-state index is 12.5. The van der Waals surface area contributed by atoms with Gasteiger partial charge in [0.15, 0.2) is 6.29 Å². The Balaban J connectivity index is 2.41. The Morgan fingerprint density at radius 3 is 2.41 bits per heavy atom. The standard InChI is InChI=1S/C10H10F3N3O/c11-10(12,13)9-14-7(6-17)5-8(15-9)16-3-1-2-4-16/h5-6H,1-4H2. The summed E-state index contributed by atoms with van der Waals surface area (Å²) in [5.41, 5.74) is -0.241. The van der Waals surface area contributed by atoms with Gasteiger partial charge in [-0.15, -0.1) is 0 Å². The van der Waals surface area contributed by atoms with Crippen LogP contribution in [0.2, 0.25) is 0 Å². The maximum Gasteiger partial charge on any atom is 0.451 e. The summed E-state index contributed by atoms with van der Waals surface area (Å²) in [6, 6.07) is 1.29. The van der Waals surface area contributed by atoms with E-state index in [0.29, 0.717) is 19.4 Å². The molecular weight excluding hydrogens is 235 g/mol. The van der Waals surface area contributed by atoms with Gasteiger partial charge in [-0.25, -0.2) is 9.97 Å².